The second kappa shape index (κ2) is 2.89. The fourth-order valence-electron chi connectivity index (χ4n) is 0.576. The monoisotopic (exact) mass is 144 g/mol. The fourth-order valence-corrected chi connectivity index (χ4v) is 1.04. The highest BCUT2D eigenvalue weighted by Crippen LogP contribution is 2.00. The van der Waals surface area contributed by atoms with Crippen molar-refractivity contribution in [2.24, 2.45) is 0 Å². The Hall–Kier alpha value is -0.480. The highest BCUT2D eigenvalue weighted by Gasteiger charge is 1.99. The second-order valence-corrected chi connectivity index (χ2v) is 2.56. The number of rotatable bonds is 2. The Morgan fingerprint density at radius 3 is 3.11 bits per heavy atom. The zero-order valence-corrected chi connectivity index (χ0v) is 5.93. The molecule has 4 heteroatoms. The van der Waals surface area contributed by atoms with Crippen molar-refractivity contribution in [3.63, 3.8) is 0 Å². The Balaban J connectivity index is 2.48. The van der Waals surface area contributed by atoms with Gasteiger partial charge in [-0.25, -0.2) is 0 Å². The van der Waals surface area contributed by atoms with E-state index in [-0.39, 0.29) is 6.10 Å². The van der Waals surface area contributed by atoms with Crippen LogP contribution in [-0.2, 0) is 6.42 Å². The number of aromatic nitrogens is 2. The van der Waals surface area contributed by atoms with Gasteiger partial charge < -0.3 is 5.11 Å². The molecule has 0 amide bonds. The molecular formula is C5H8N2OS. The second-order valence-electron chi connectivity index (χ2n) is 1.95. The molecule has 0 aliphatic rings. The van der Waals surface area contributed by atoms with Crippen molar-refractivity contribution >= 4 is 11.5 Å². The minimum Gasteiger partial charge on any atom is -0.393 e. The minimum absolute atomic E-state index is 0.311. The van der Waals surface area contributed by atoms with Crippen LogP contribution in [0, 0.1) is 0 Å². The van der Waals surface area contributed by atoms with Gasteiger partial charge in [0.1, 0.15) is 0 Å². The van der Waals surface area contributed by atoms with E-state index in [0.29, 0.717) is 6.42 Å². The molecule has 0 bridgehead atoms. The number of hydrogen-bond donors (Lipinski definition) is 1. The summed E-state index contributed by atoms with van der Waals surface area (Å²) in [6.45, 7) is 1.74. The number of aliphatic hydroxyl groups is 1. The van der Waals surface area contributed by atoms with Crippen molar-refractivity contribution < 1.29 is 5.11 Å². The van der Waals surface area contributed by atoms with Crippen molar-refractivity contribution in [1.82, 2.24) is 9.59 Å². The van der Waals surface area contributed by atoms with E-state index in [0.717, 1.165) is 5.69 Å². The highest BCUT2D eigenvalue weighted by molar-refractivity contribution is 7.03. The van der Waals surface area contributed by atoms with Gasteiger partial charge >= 0.3 is 0 Å². The molecule has 1 N–H and O–H groups in total. The Morgan fingerprint density at radius 1 is 1.89 bits per heavy atom. The third kappa shape index (κ3) is 2.07. The summed E-state index contributed by atoms with van der Waals surface area (Å²) in [7, 11) is 0. The van der Waals surface area contributed by atoms with E-state index in [1.54, 1.807) is 6.92 Å². The van der Waals surface area contributed by atoms with Crippen molar-refractivity contribution in [1.29, 1.82) is 0 Å². The van der Waals surface area contributed by atoms with Crippen molar-refractivity contribution in [3.8, 4) is 0 Å². The quantitative estimate of drug-likeness (QED) is 0.656. The third-order valence-corrected chi connectivity index (χ3v) is 1.46. The molecule has 9 heavy (non-hydrogen) atoms. The summed E-state index contributed by atoms with van der Waals surface area (Å²) in [5.41, 5.74) is 0.870. The summed E-state index contributed by atoms with van der Waals surface area (Å²) in [5, 5.41) is 14.5. The lowest BCUT2D eigenvalue weighted by molar-refractivity contribution is 0.194. The van der Waals surface area contributed by atoms with Gasteiger partial charge in [-0.1, -0.05) is 4.49 Å². The Labute approximate surface area is 57.5 Å². The smallest absolute Gasteiger partial charge is 0.0781 e. The maximum atomic E-state index is 8.86. The topological polar surface area (TPSA) is 46.0 Å². The average Bonchev–Trinajstić information content (AvgIpc) is 2.15. The van der Waals surface area contributed by atoms with Gasteiger partial charge in [-0.3, -0.25) is 0 Å². The van der Waals surface area contributed by atoms with Crippen LogP contribution in [0.4, 0.5) is 0 Å². The molecule has 1 rings (SSSR count). The van der Waals surface area contributed by atoms with Crippen LogP contribution in [-0.4, -0.2) is 20.8 Å². The lowest BCUT2D eigenvalue weighted by Crippen LogP contribution is -2.03. The van der Waals surface area contributed by atoms with Crippen LogP contribution >= 0.6 is 11.5 Å². The molecule has 0 saturated carbocycles. The first-order chi connectivity index (χ1) is 4.29. The molecule has 0 radical (unpaired) electrons. The van der Waals surface area contributed by atoms with Crippen LogP contribution in [0.3, 0.4) is 0 Å². The van der Waals surface area contributed by atoms with Gasteiger partial charge in [0.25, 0.3) is 0 Å². The van der Waals surface area contributed by atoms with Crippen LogP contribution in [0.2, 0.25) is 0 Å². The van der Waals surface area contributed by atoms with Crippen molar-refractivity contribution in [2.75, 3.05) is 0 Å². The van der Waals surface area contributed by atoms with Gasteiger partial charge in [-0.2, -0.15) is 0 Å². The summed E-state index contributed by atoms with van der Waals surface area (Å²) in [6, 6.07) is 0. The minimum atomic E-state index is -0.311. The summed E-state index contributed by atoms with van der Waals surface area (Å²) in [6.07, 6.45) is 0.296. The molecule has 0 unspecified atom stereocenters. The van der Waals surface area contributed by atoms with Crippen LogP contribution in [0.1, 0.15) is 12.6 Å². The number of hydrogen-bond acceptors (Lipinski definition) is 4. The summed E-state index contributed by atoms with van der Waals surface area (Å²) < 4.78 is 3.66. The van der Waals surface area contributed by atoms with Crippen LogP contribution < -0.4 is 0 Å². The molecule has 1 heterocycles. The summed E-state index contributed by atoms with van der Waals surface area (Å²) >= 11 is 1.31. The molecule has 0 fully saturated rings. The molecule has 1 atom stereocenters. The Kier molecular flexibility index (Phi) is 2.13. The van der Waals surface area contributed by atoms with Gasteiger partial charge in [-0.05, 0) is 18.5 Å². The zero-order chi connectivity index (χ0) is 6.69. The average molecular weight is 144 g/mol. The Bertz CT molecular complexity index is 161. The molecule has 1 aromatic rings. The van der Waals surface area contributed by atoms with Gasteiger partial charge in [0.15, 0.2) is 0 Å². The summed E-state index contributed by atoms with van der Waals surface area (Å²) in [5.74, 6) is 0. The normalized spacial score (nSPS) is 13.6. The maximum Gasteiger partial charge on any atom is 0.0781 e. The highest BCUT2D eigenvalue weighted by atomic mass is 32.1. The van der Waals surface area contributed by atoms with Gasteiger partial charge in [0.2, 0.25) is 0 Å². The lowest BCUT2D eigenvalue weighted by atomic mass is 10.2. The van der Waals surface area contributed by atoms with Gasteiger partial charge in [0.05, 0.1) is 11.8 Å². The molecule has 0 aromatic carbocycles. The first kappa shape index (κ1) is 6.64. The first-order valence-electron chi connectivity index (χ1n) is 2.73. The first-order valence-corrected chi connectivity index (χ1v) is 3.56. The van der Waals surface area contributed by atoms with E-state index in [2.05, 4.69) is 9.59 Å². The van der Waals surface area contributed by atoms with Gasteiger partial charge in [-0.15, -0.1) is 5.10 Å². The molecule has 0 aliphatic heterocycles. The van der Waals surface area contributed by atoms with Crippen LogP contribution in [0.25, 0.3) is 0 Å². The molecule has 50 valence electrons. The SMILES string of the molecule is C[C@H](O)Cc1csnn1. The zero-order valence-electron chi connectivity index (χ0n) is 5.11. The van der Waals surface area contributed by atoms with Crippen LogP contribution in [0.15, 0.2) is 5.38 Å². The van der Waals surface area contributed by atoms with E-state index in [1.165, 1.54) is 11.5 Å². The van der Waals surface area contributed by atoms with E-state index in [1.807, 2.05) is 5.38 Å². The number of aliphatic hydroxyl groups excluding tert-OH is 1. The molecule has 0 spiro atoms. The lowest BCUT2D eigenvalue weighted by Gasteiger charge is -1.96. The maximum absolute atomic E-state index is 8.86. The van der Waals surface area contributed by atoms with E-state index < -0.39 is 0 Å². The molecule has 0 saturated heterocycles. The molecule has 0 aliphatic carbocycles. The third-order valence-electron chi connectivity index (χ3n) is 0.910. The number of nitrogens with zero attached hydrogens (tertiary/aromatic N) is 2. The van der Waals surface area contributed by atoms with Gasteiger partial charge in [0, 0.05) is 11.8 Å². The van der Waals surface area contributed by atoms with Crippen LogP contribution in [0.5, 0.6) is 0 Å². The van der Waals surface area contributed by atoms with E-state index >= 15 is 0 Å². The predicted molar refractivity (Wildman–Crippen MR) is 35.3 cm³/mol. The van der Waals surface area contributed by atoms with E-state index in [9.17, 15) is 0 Å². The van der Waals surface area contributed by atoms with E-state index in [4.69, 9.17) is 5.11 Å². The van der Waals surface area contributed by atoms with Crippen molar-refractivity contribution in [2.45, 2.75) is 19.4 Å². The Morgan fingerprint density at radius 2 is 2.67 bits per heavy atom. The largest absolute Gasteiger partial charge is 0.393 e. The molecule has 3 nitrogen and oxygen atoms in total. The fraction of sp³-hybridized carbons (Fsp3) is 0.600. The predicted octanol–water partition coefficient (Wildman–Crippen LogP) is 0.461. The standard InChI is InChI=1S/C5H8N2OS/c1-4(8)2-5-3-9-7-6-5/h3-4,8H,2H2,1H3/t4-/m0/s1. The summed E-state index contributed by atoms with van der Waals surface area (Å²) in [4.78, 5) is 0. The van der Waals surface area contributed by atoms with Crippen molar-refractivity contribution in [3.05, 3.63) is 11.1 Å². The molecular weight excluding hydrogens is 136 g/mol. The molecule has 1 aromatic heterocycles.